The van der Waals surface area contributed by atoms with E-state index in [1.165, 1.54) is 4.88 Å². The van der Waals surface area contributed by atoms with Gasteiger partial charge in [0.25, 0.3) is 5.91 Å². The highest BCUT2D eigenvalue weighted by atomic mass is 32.1. The van der Waals surface area contributed by atoms with Crippen LogP contribution in [0.15, 0.2) is 21.9 Å². The number of thiophene rings is 1. The molecule has 8 heteroatoms. The molecule has 0 bridgehead atoms. The second-order valence-corrected chi connectivity index (χ2v) is 5.74. The Morgan fingerprint density at radius 2 is 2.24 bits per heavy atom. The second-order valence-electron chi connectivity index (χ2n) is 4.30. The molecular weight excluding hydrogens is 308 g/mol. The Morgan fingerprint density at radius 3 is 2.86 bits per heavy atom. The molecule has 112 valence electrons. The summed E-state index contributed by atoms with van der Waals surface area (Å²) in [4.78, 5) is 17.1. The van der Waals surface area contributed by atoms with E-state index in [0.29, 0.717) is 23.3 Å². The highest BCUT2D eigenvalue weighted by Gasteiger charge is 2.15. The van der Waals surface area contributed by atoms with Crippen molar-refractivity contribution in [2.24, 2.45) is 0 Å². The van der Waals surface area contributed by atoms with Crippen LogP contribution in [0.2, 0.25) is 0 Å². The van der Waals surface area contributed by atoms with E-state index >= 15 is 0 Å². The highest BCUT2D eigenvalue weighted by molar-refractivity contribution is 7.80. The zero-order valence-corrected chi connectivity index (χ0v) is 13.4. The number of carbonyl (C=O) groups is 1. The SMILES string of the molecule is Cc1nc(C(=O)NNC(=S)NCCc2cccs2)c(C)o1. The smallest absolute Gasteiger partial charge is 0.291 e. The van der Waals surface area contributed by atoms with Gasteiger partial charge in [-0.15, -0.1) is 11.3 Å². The monoisotopic (exact) mass is 324 g/mol. The lowest BCUT2D eigenvalue weighted by Crippen LogP contribution is -2.47. The lowest BCUT2D eigenvalue weighted by Gasteiger charge is -2.10. The normalized spacial score (nSPS) is 10.2. The van der Waals surface area contributed by atoms with Crippen molar-refractivity contribution in [2.75, 3.05) is 6.54 Å². The van der Waals surface area contributed by atoms with Crippen LogP contribution in [-0.2, 0) is 6.42 Å². The summed E-state index contributed by atoms with van der Waals surface area (Å²) in [5, 5.41) is 5.41. The number of hydrogen-bond donors (Lipinski definition) is 3. The van der Waals surface area contributed by atoms with E-state index in [9.17, 15) is 4.79 Å². The average Bonchev–Trinajstić information content (AvgIpc) is 3.06. The summed E-state index contributed by atoms with van der Waals surface area (Å²) in [6, 6.07) is 4.08. The number of nitrogens with zero attached hydrogens (tertiary/aromatic N) is 1. The van der Waals surface area contributed by atoms with Gasteiger partial charge < -0.3 is 9.73 Å². The molecule has 0 aromatic carbocycles. The van der Waals surface area contributed by atoms with E-state index in [1.807, 2.05) is 11.4 Å². The van der Waals surface area contributed by atoms with Crippen LogP contribution >= 0.6 is 23.6 Å². The van der Waals surface area contributed by atoms with Gasteiger partial charge in [-0.05, 0) is 37.0 Å². The molecule has 0 saturated heterocycles. The summed E-state index contributed by atoms with van der Waals surface area (Å²) in [6.45, 7) is 4.07. The van der Waals surface area contributed by atoms with E-state index in [4.69, 9.17) is 16.6 Å². The average molecular weight is 324 g/mol. The molecule has 2 aromatic rings. The van der Waals surface area contributed by atoms with Gasteiger partial charge in [-0.2, -0.15) is 0 Å². The summed E-state index contributed by atoms with van der Waals surface area (Å²) in [7, 11) is 0. The third-order valence-electron chi connectivity index (χ3n) is 2.65. The molecule has 0 fully saturated rings. The molecule has 1 amide bonds. The third-order valence-corrected chi connectivity index (χ3v) is 3.83. The van der Waals surface area contributed by atoms with Gasteiger partial charge in [0.05, 0.1) is 0 Å². The molecule has 0 aliphatic rings. The van der Waals surface area contributed by atoms with Gasteiger partial charge in [0.15, 0.2) is 16.7 Å². The second kappa shape index (κ2) is 7.19. The van der Waals surface area contributed by atoms with Gasteiger partial charge in [-0.1, -0.05) is 6.07 Å². The summed E-state index contributed by atoms with van der Waals surface area (Å²) < 4.78 is 5.20. The van der Waals surface area contributed by atoms with E-state index < -0.39 is 0 Å². The van der Waals surface area contributed by atoms with E-state index in [0.717, 1.165) is 6.42 Å². The molecule has 6 nitrogen and oxygen atoms in total. The zero-order valence-electron chi connectivity index (χ0n) is 11.7. The zero-order chi connectivity index (χ0) is 15.2. The molecule has 0 unspecified atom stereocenters. The summed E-state index contributed by atoms with van der Waals surface area (Å²) in [5.41, 5.74) is 5.38. The first kappa shape index (κ1) is 15.5. The lowest BCUT2D eigenvalue weighted by molar-refractivity contribution is 0.0937. The molecule has 21 heavy (non-hydrogen) atoms. The Bertz CT molecular complexity index is 622. The number of aryl methyl sites for hydroxylation is 2. The molecular formula is C13H16N4O2S2. The van der Waals surface area contributed by atoms with Crippen LogP contribution in [0.4, 0.5) is 0 Å². The molecule has 0 aliphatic heterocycles. The Morgan fingerprint density at radius 1 is 1.43 bits per heavy atom. The van der Waals surface area contributed by atoms with Crippen LogP contribution in [0.1, 0.15) is 27.0 Å². The van der Waals surface area contributed by atoms with Gasteiger partial charge in [-0.25, -0.2) is 4.98 Å². The van der Waals surface area contributed by atoms with Crippen LogP contribution in [-0.4, -0.2) is 22.5 Å². The molecule has 2 aromatic heterocycles. The maximum atomic E-state index is 11.9. The fourth-order valence-electron chi connectivity index (χ4n) is 1.71. The maximum absolute atomic E-state index is 11.9. The standard InChI is InChI=1S/C13H16N4O2S2/c1-8-11(15-9(2)19-8)12(18)16-17-13(20)14-6-5-10-4-3-7-21-10/h3-4,7H,5-6H2,1-2H3,(H,16,18)(H2,14,17,20). The lowest BCUT2D eigenvalue weighted by atomic mass is 10.3. The maximum Gasteiger partial charge on any atom is 0.291 e. The largest absolute Gasteiger partial charge is 0.445 e. The van der Waals surface area contributed by atoms with Gasteiger partial charge in [0.1, 0.15) is 5.76 Å². The number of hydrazine groups is 1. The van der Waals surface area contributed by atoms with Crippen molar-refractivity contribution in [1.29, 1.82) is 0 Å². The van der Waals surface area contributed by atoms with Crippen molar-refractivity contribution in [3.05, 3.63) is 39.7 Å². The fraction of sp³-hybridized carbons (Fsp3) is 0.308. The van der Waals surface area contributed by atoms with Crippen LogP contribution in [0, 0.1) is 13.8 Å². The van der Waals surface area contributed by atoms with E-state index in [-0.39, 0.29) is 11.6 Å². The number of thiocarbonyl (C=S) groups is 1. The van der Waals surface area contributed by atoms with Crippen LogP contribution in [0.5, 0.6) is 0 Å². The van der Waals surface area contributed by atoms with E-state index in [2.05, 4.69) is 27.2 Å². The van der Waals surface area contributed by atoms with Crippen LogP contribution in [0.25, 0.3) is 0 Å². The Kier molecular flexibility index (Phi) is 5.29. The molecule has 3 N–H and O–H groups in total. The number of hydrogen-bond acceptors (Lipinski definition) is 5. The Hall–Kier alpha value is -1.93. The minimum Gasteiger partial charge on any atom is -0.445 e. The van der Waals surface area contributed by atoms with Crippen molar-refractivity contribution in [2.45, 2.75) is 20.3 Å². The predicted molar refractivity (Wildman–Crippen MR) is 85.2 cm³/mol. The van der Waals surface area contributed by atoms with Gasteiger partial charge >= 0.3 is 0 Å². The summed E-state index contributed by atoms with van der Waals surface area (Å²) in [6.07, 6.45) is 0.884. The molecule has 0 aliphatic carbocycles. The van der Waals surface area contributed by atoms with Crippen molar-refractivity contribution in [3.8, 4) is 0 Å². The van der Waals surface area contributed by atoms with Crippen molar-refractivity contribution >= 4 is 34.6 Å². The molecule has 0 radical (unpaired) electrons. The predicted octanol–water partition coefficient (Wildman–Crippen LogP) is 1.70. The fourth-order valence-corrected chi connectivity index (χ4v) is 2.57. The van der Waals surface area contributed by atoms with Gasteiger partial charge in [-0.3, -0.25) is 15.6 Å². The van der Waals surface area contributed by atoms with Crippen molar-refractivity contribution in [3.63, 3.8) is 0 Å². The Labute approximate surface area is 131 Å². The van der Waals surface area contributed by atoms with Crippen LogP contribution < -0.4 is 16.2 Å². The minimum atomic E-state index is -0.383. The molecule has 2 heterocycles. The number of nitrogens with one attached hydrogen (secondary N) is 3. The molecule has 0 atom stereocenters. The van der Waals surface area contributed by atoms with Gasteiger partial charge in [0.2, 0.25) is 0 Å². The first-order valence-corrected chi connectivity index (χ1v) is 7.65. The third kappa shape index (κ3) is 4.54. The molecule has 0 spiro atoms. The first-order valence-electron chi connectivity index (χ1n) is 6.37. The summed E-state index contributed by atoms with van der Waals surface area (Å²) in [5.74, 6) is 0.546. The van der Waals surface area contributed by atoms with Gasteiger partial charge in [0, 0.05) is 18.3 Å². The van der Waals surface area contributed by atoms with E-state index in [1.54, 1.807) is 25.2 Å². The number of rotatable bonds is 4. The number of aromatic nitrogens is 1. The minimum absolute atomic E-state index is 0.251. The quantitative estimate of drug-likeness (QED) is 0.587. The van der Waals surface area contributed by atoms with Crippen LogP contribution in [0.3, 0.4) is 0 Å². The number of amides is 1. The number of carbonyl (C=O) groups excluding carboxylic acids is 1. The van der Waals surface area contributed by atoms with Crippen molar-refractivity contribution in [1.82, 2.24) is 21.2 Å². The topological polar surface area (TPSA) is 79.2 Å². The molecule has 0 saturated carbocycles. The first-order chi connectivity index (χ1) is 10.1. The Balaban J connectivity index is 1.71. The number of oxazole rings is 1. The molecule has 2 rings (SSSR count). The van der Waals surface area contributed by atoms with Crippen molar-refractivity contribution < 1.29 is 9.21 Å². The summed E-state index contributed by atoms with van der Waals surface area (Å²) >= 11 is 6.78. The highest BCUT2D eigenvalue weighted by Crippen LogP contribution is 2.08.